The van der Waals surface area contributed by atoms with Crippen LogP contribution in [0.2, 0.25) is 0 Å². The van der Waals surface area contributed by atoms with Gasteiger partial charge in [0.1, 0.15) is 6.61 Å². The van der Waals surface area contributed by atoms with E-state index in [1.807, 2.05) is 5.43 Å². The molecule has 0 aliphatic carbocycles. The van der Waals surface area contributed by atoms with Crippen molar-refractivity contribution in [3.05, 3.63) is 84.4 Å². The van der Waals surface area contributed by atoms with E-state index < -0.39 is 36.8 Å². The molecule has 0 aliphatic heterocycles. The Morgan fingerprint density at radius 3 is 1.93 bits per heavy atom. The number of benzene rings is 2. The second-order valence-electron chi connectivity index (χ2n) is 6.23. The number of amides is 2. The number of hydrogen-bond donors (Lipinski definition) is 2. The fourth-order valence-corrected chi connectivity index (χ4v) is 2.50. The number of halogens is 3. The first-order chi connectivity index (χ1) is 14.3. The molecule has 1 atom stereocenters. The molecule has 2 aromatic rings. The Hall–Kier alpha value is -3.33. The van der Waals surface area contributed by atoms with Crippen LogP contribution in [0.3, 0.4) is 0 Å². The largest absolute Gasteiger partial charge is 0.443 e. The van der Waals surface area contributed by atoms with Crippen LogP contribution in [0.1, 0.15) is 17.5 Å². The molecule has 2 rings (SSSR count). The van der Waals surface area contributed by atoms with Crippen LogP contribution in [0.4, 0.5) is 18.0 Å². The molecule has 0 unspecified atom stereocenters. The van der Waals surface area contributed by atoms with E-state index in [0.29, 0.717) is 11.1 Å². The predicted molar refractivity (Wildman–Crippen MR) is 103 cm³/mol. The van der Waals surface area contributed by atoms with Gasteiger partial charge in [-0.2, -0.15) is 13.2 Å². The average molecular weight is 422 g/mol. The molecule has 0 radical (unpaired) electrons. The van der Waals surface area contributed by atoms with Crippen molar-refractivity contribution in [2.45, 2.75) is 31.4 Å². The van der Waals surface area contributed by atoms with Crippen molar-refractivity contribution in [1.29, 1.82) is 0 Å². The monoisotopic (exact) mass is 422 g/mol. The average Bonchev–Trinajstić information content (AvgIpc) is 2.74. The standard InChI is InChI=1S/C21H21F3N2O4/c1-2-13-20(21(22,23)24,30-15-17-11-7-4-8-12-17)18(27)25-26-19(28)29-14-16-9-5-3-6-10-16/h2-12H,1,13-15H2,(H,25,27)(H,26,28)/t20-/m1/s1. The molecular formula is C21H21F3N2O4. The molecule has 0 saturated heterocycles. The van der Waals surface area contributed by atoms with Gasteiger partial charge >= 0.3 is 12.3 Å². The first kappa shape index (κ1) is 23.0. The van der Waals surface area contributed by atoms with Crippen LogP contribution in [-0.2, 0) is 27.5 Å². The fourth-order valence-electron chi connectivity index (χ4n) is 2.50. The molecular weight excluding hydrogens is 401 g/mol. The second kappa shape index (κ2) is 10.4. The Morgan fingerprint density at radius 1 is 0.900 bits per heavy atom. The third kappa shape index (κ3) is 6.08. The third-order valence-corrected chi connectivity index (χ3v) is 4.08. The maximum Gasteiger partial charge on any atom is 0.427 e. The van der Waals surface area contributed by atoms with Crippen molar-refractivity contribution in [2.24, 2.45) is 0 Å². The molecule has 2 N–H and O–H groups in total. The molecule has 2 aromatic carbocycles. The van der Waals surface area contributed by atoms with Crippen molar-refractivity contribution in [3.8, 4) is 0 Å². The molecule has 0 fully saturated rings. The number of carbonyl (C=O) groups excluding carboxylic acids is 2. The number of carbonyl (C=O) groups is 2. The third-order valence-electron chi connectivity index (χ3n) is 4.08. The fraction of sp³-hybridized carbons (Fsp3) is 0.238. The van der Waals surface area contributed by atoms with Crippen molar-refractivity contribution in [1.82, 2.24) is 10.9 Å². The number of alkyl halides is 3. The highest BCUT2D eigenvalue weighted by Gasteiger charge is 2.61. The Kier molecular flexibility index (Phi) is 7.99. The van der Waals surface area contributed by atoms with Crippen LogP contribution in [0.5, 0.6) is 0 Å². The summed E-state index contributed by atoms with van der Waals surface area (Å²) in [6.45, 7) is 2.69. The molecule has 0 aromatic heterocycles. The van der Waals surface area contributed by atoms with Gasteiger partial charge < -0.3 is 9.47 Å². The van der Waals surface area contributed by atoms with E-state index in [1.165, 1.54) is 0 Å². The molecule has 2 amide bonds. The van der Waals surface area contributed by atoms with E-state index in [2.05, 4.69) is 6.58 Å². The highest BCUT2D eigenvalue weighted by Crippen LogP contribution is 2.38. The topological polar surface area (TPSA) is 76.7 Å². The van der Waals surface area contributed by atoms with Gasteiger partial charge in [-0.3, -0.25) is 10.2 Å². The zero-order valence-corrected chi connectivity index (χ0v) is 15.9. The van der Waals surface area contributed by atoms with E-state index in [1.54, 1.807) is 66.1 Å². The molecule has 9 heteroatoms. The lowest BCUT2D eigenvalue weighted by Crippen LogP contribution is -2.61. The summed E-state index contributed by atoms with van der Waals surface area (Å²) in [6.07, 6.45) is -6.12. The number of ether oxygens (including phenoxy) is 2. The molecule has 30 heavy (non-hydrogen) atoms. The van der Waals surface area contributed by atoms with Crippen molar-refractivity contribution in [2.75, 3.05) is 0 Å². The summed E-state index contributed by atoms with van der Waals surface area (Å²) in [6, 6.07) is 16.7. The van der Waals surface area contributed by atoms with Crippen LogP contribution in [0.25, 0.3) is 0 Å². The minimum Gasteiger partial charge on any atom is -0.443 e. The van der Waals surface area contributed by atoms with Gasteiger partial charge in [-0.15, -0.1) is 6.58 Å². The summed E-state index contributed by atoms with van der Waals surface area (Å²) in [7, 11) is 0. The Morgan fingerprint density at radius 2 is 1.43 bits per heavy atom. The summed E-state index contributed by atoms with van der Waals surface area (Å²) < 4.78 is 51.4. The molecule has 0 bridgehead atoms. The summed E-state index contributed by atoms with van der Waals surface area (Å²) in [5.41, 5.74) is 1.41. The molecule has 0 aliphatic rings. The molecule has 0 saturated carbocycles. The minimum atomic E-state index is -5.07. The quantitative estimate of drug-likeness (QED) is 0.497. The van der Waals surface area contributed by atoms with Gasteiger partial charge in [-0.25, -0.2) is 10.2 Å². The van der Waals surface area contributed by atoms with Crippen molar-refractivity contribution < 1.29 is 32.2 Å². The maximum absolute atomic E-state index is 13.8. The van der Waals surface area contributed by atoms with E-state index in [4.69, 9.17) is 9.47 Å². The molecule has 6 nitrogen and oxygen atoms in total. The van der Waals surface area contributed by atoms with Gasteiger partial charge in [0.15, 0.2) is 0 Å². The van der Waals surface area contributed by atoms with E-state index in [9.17, 15) is 22.8 Å². The van der Waals surface area contributed by atoms with Gasteiger partial charge in [0.2, 0.25) is 5.60 Å². The Balaban J connectivity index is 2.04. The van der Waals surface area contributed by atoms with E-state index in [0.717, 1.165) is 6.08 Å². The van der Waals surface area contributed by atoms with Crippen LogP contribution < -0.4 is 10.9 Å². The van der Waals surface area contributed by atoms with Gasteiger partial charge in [0, 0.05) is 6.42 Å². The Bertz CT molecular complexity index is 844. The number of hydrogen-bond acceptors (Lipinski definition) is 4. The second-order valence-corrected chi connectivity index (χ2v) is 6.23. The summed E-state index contributed by atoms with van der Waals surface area (Å²) >= 11 is 0. The molecule has 0 heterocycles. The van der Waals surface area contributed by atoms with Gasteiger partial charge in [0.05, 0.1) is 6.61 Å². The van der Waals surface area contributed by atoms with Crippen LogP contribution in [0, 0.1) is 0 Å². The van der Waals surface area contributed by atoms with Gasteiger partial charge in [0.25, 0.3) is 5.91 Å². The van der Waals surface area contributed by atoms with Crippen LogP contribution >= 0.6 is 0 Å². The highest BCUT2D eigenvalue weighted by molar-refractivity contribution is 5.87. The zero-order valence-electron chi connectivity index (χ0n) is 15.9. The molecule has 0 spiro atoms. The summed E-state index contributed by atoms with van der Waals surface area (Å²) in [4.78, 5) is 24.2. The van der Waals surface area contributed by atoms with Crippen molar-refractivity contribution in [3.63, 3.8) is 0 Å². The highest BCUT2D eigenvalue weighted by atomic mass is 19.4. The van der Waals surface area contributed by atoms with E-state index in [-0.39, 0.29) is 6.61 Å². The minimum absolute atomic E-state index is 0.121. The number of nitrogens with one attached hydrogen (secondary N) is 2. The number of hydrazine groups is 1. The number of rotatable bonds is 8. The summed E-state index contributed by atoms with van der Waals surface area (Å²) in [5, 5.41) is 0. The SMILES string of the molecule is C=CC[C@@](OCc1ccccc1)(C(=O)NNC(=O)OCc1ccccc1)C(F)(F)F. The maximum atomic E-state index is 13.8. The lowest BCUT2D eigenvalue weighted by Gasteiger charge is -2.33. The Labute approximate surface area is 171 Å². The van der Waals surface area contributed by atoms with E-state index >= 15 is 0 Å². The molecule has 160 valence electrons. The zero-order chi connectivity index (χ0) is 22.0. The summed E-state index contributed by atoms with van der Waals surface area (Å²) in [5.74, 6) is -1.59. The van der Waals surface area contributed by atoms with Crippen LogP contribution in [-0.4, -0.2) is 23.8 Å². The normalized spacial score (nSPS) is 13.0. The first-order valence-electron chi connectivity index (χ1n) is 8.91. The first-order valence-corrected chi connectivity index (χ1v) is 8.91. The van der Waals surface area contributed by atoms with Crippen molar-refractivity contribution >= 4 is 12.0 Å². The lowest BCUT2D eigenvalue weighted by molar-refractivity contribution is -0.270. The smallest absolute Gasteiger partial charge is 0.427 e. The van der Waals surface area contributed by atoms with Gasteiger partial charge in [-0.1, -0.05) is 66.7 Å². The predicted octanol–water partition coefficient (Wildman–Crippen LogP) is 4.04. The van der Waals surface area contributed by atoms with Crippen LogP contribution in [0.15, 0.2) is 73.3 Å². The van der Waals surface area contributed by atoms with Gasteiger partial charge in [-0.05, 0) is 11.1 Å². The lowest BCUT2D eigenvalue weighted by atomic mass is 9.97.